The quantitative estimate of drug-likeness (QED) is 0.0195. The summed E-state index contributed by atoms with van der Waals surface area (Å²) in [5.41, 5.74) is 0. The van der Waals surface area contributed by atoms with Crippen LogP contribution in [0.25, 0.3) is 0 Å². The van der Waals surface area contributed by atoms with E-state index in [2.05, 4.69) is 98.9 Å². The van der Waals surface area contributed by atoms with E-state index in [-0.39, 0.29) is 38.6 Å². The van der Waals surface area contributed by atoms with Crippen LogP contribution in [-0.4, -0.2) is 82.3 Å². The first kappa shape index (κ1) is 63.5. The molecule has 0 aromatic carbocycles. The molecule has 0 saturated heterocycles. The number of carbonyl (C=O) groups is 3. The van der Waals surface area contributed by atoms with Crippen molar-refractivity contribution in [1.82, 2.24) is 0 Å². The fourth-order valence-corrected chi connectivity index (χ4v) is 7.07. The number of rotatable bonds is 48. The van der Waals surface area contributed by atoms with Gasteiger partial charge in [0.05, 0.1) is 40.3 Å². The van der Waals surface area contributed by atoms with Crippen LogP contribution < -0.4 is 5.11 Å². The van der Waals surface area contributed by atoms with Crippen molar-refractivity contribution < 1.29 is 42.9 Å². The average molecular weight is 938 g/mol. The molecule has 0 fully saturated rings. The van der Waals surface area contributed by atoms with Gasteiger partial charge in [0.2, 0.25) is 0 Å². The lowest BCUT2D eigenvalue weighted by molar-refractivity contribution is -0.870. The smallest absolute Gasteiger partial charge is 0.306 e. The topological polar surface area (TPSA) is 111 Å². The van der Waals surface area contributed by atoms with Crippen molar-refractivity contribution in [1.29, 1.82) is 0 Å². The molecule has 0 N–H and O–H groups in total. The number of ether oxygens (including phenoxy) is 4. The number of nitrogens with zero attached hydrogens (tertiary/aromatic N) is 1. The number of quaternary nitrogens is 1. The van der Waals surface area contributed by atoms with Crippen LogP contribution in [0.1, 0.15) is 206 Å². The van der Waals surface area contributed by atoms with E-state index in [9.17, 15) is 19.5 Å². The summed E-state index contributed by atoms with van der Waals surface area (Å²) in [5, 5.41) is 11.7. The maximum Gasteiger partial charge on any atom is 0.306 e. The van der Waals surface area contributed by atoms with Crippen molar-refractivity contribution in [2.45, 2.75) is 219 Å². The summed E-state index contributed by atoms with van der Waals surface area (Å²) in [6.07, 6.45) is 60.7. The summed E-state index contributed by atoms with van der Waals surface area (Å²) in [7, 11) is 5.90. The number of hydrogen-bond acceptors (Lipinski definition) is 8. The molecule has 9 nitrogen and oxygen atoms in total. The maximum atomic E-state index is 12.8. The van der Waals surface area contributed by atoms with E-state index in [0.717, 1.165) is 83.5 Å². The number of allylic oxidation sites excluding steroid dienone is 14. The Kier molecular flexibility index (Phi) is 46.3. The SMILES string of the molecule is CC/C=C\C/C=C\C/C=C\C/C=C\CCCCCCCCCCCCCCCCCCC(=O)OC(COC(=O)CCCCC/C=C\C/C=C\C/C=C\CC)COC(OCC[N+](C)(C)C)C(=O)[O-]. The Labute approximate surface area is 410 Å². The molecule has 0 spiro atoms. The van der Waals surface area contributed by atoms with Gasteiger partial charge in [-0.3, -0.25) is 9.59 Å². The molecular formula is C58H99NO8. The molecule has 0 saturated carbocycles. The van der Waals surface area contributed by atoms with E-state index in [0.29, 0.717) is 23.9 Å². The predicted molar refractivity (Wildman–Crippen MR) is 278 cm³/mol. The first-order chi connectivity index (χ1) is 32.6. The van der Waals surface area contributed by atoms with E-state index >= 15 is 0 Å². The number of carbonyl (C=O) groups excluding carboxylic acids is 3. The van der Waals surface area contributed by atoms with E-state index < -0.39 is 24.3 Å². The second-order valence-corrected chi connectivity index (χ2v) is 18.8. The highest BCUT2D eigenvalue weighted by atomic mass is 16.7. The van der Waals surface area contributed by atoms with E-state index in [1.165, 1.54) is 83.5 Å². The Morgan fingerprint density at radius 1 is 0.448 bits per heavy atom. The minimum Gasteiger partial charge on any atom is -0.545 e. The zero-order chi connectivity index (χ0) is 49.2. The Morgan fingerprint density at radius 2 is 0.806 bits per heavy atom. The van der Waals surface area contributed by atoms with Gasteiger partial charge in [0, 0.05) is 12.8 Å². The summed E-state index contributed by atoms with van der Waals surface area (Å²) < 4.78 is 22.6. The van der Waals surface area contributed by atoms with Crippen LogP contribution in [0.15, 0.2) is 85.1 Å². The second-order valence-electron chi connectivity index (χ2n) is 18.8. The lowest BCUT2D eigenvalue weighted by atomic mass is 10.0. The summed E-state index contributed by atoms with van der Waals surface area (Å²) in [4.78, 5) is 37.1. The third kappa shape index (κ3) is 50.2. The molecule has 0 amide bonds. The molecule has 0 rings (SSSR count). The molecular weight excluding hydrogens is 839 g/mol. The van der Waals surface area contributed by atoms with Crippen LogP contribution in [0.5, 0.6) is 0 Å². The van der Waals surface area contributed by atoms with Gasteiger partial charge in [0.1, 0.15) is 13.2 Å². The molecule has 0 bridgehead atoms. The fraction of sp³-hybridized carbons (Fsp3) is 0.707. The van der Waals surface area contributed by atoms with Crippen molar-refractivity contribution in [2.24, 2.45) is 0 Å². The fourth-order valence-electron chi connectivity index (χ4n) is 7.07. The van der Waals surface area contributed by atoms with Crippen molar-refractivity contribution in [3.63, 3.8) is 0 Å². The molecule has 0 aromatic rings. The Bertz CT molecular complexity index is 1370. The molecule has 384 valence electrons. The molecule has 9 heteroatoms. The normalized spacial score (nSPS) is 13.5. The van der Waals surface area contributed by atoms with Crippen molar-refractivity contribution >= 4 is 17.9 Å². The number of esters is 2. The third-order valence-corrected chi connectivity index (χ3v) is 11.1. The number of likely N-dealkylation sites (N-methyl/N-ethyl adjacent to an activating group) is 1. The maximum absolute atomic E-state index is 12.8. The first-order valence-corrected chi connectivity index (χ1v) is 26.7. The monoisotopic (exact) mass is 938 g/mol. The number of carboxylic acid groups (broad SMARTS) is 1. The highest BCUT2D eigenvalue weighted by Gasteiger charge is 2.22. The first-order valence-electron chi connectivity index (χ1n) is 26.7. The van der Waals surface area contributed by atoms with Crippen molar-refractivity contribution in [3.05, 3.63) is 85.1 Å². The van der Waals surface area contributed by atoms with E-state index in [4.69, 9.17) is 18.9 Å². The zero-order valence-corrected chi connectivity index (χ0v) is 43.5. The molecule has 0 aromatic heterocycles. The Hall–Kier alpha value is -3.53. The summed E-state index contributed by atoms with van der Waals surface area (Å²) in [6.45, 7) is 4.48. The third-order valence-electron chi connectivity index (χ3n) is 11.1. The van der Waals surface area contributed by atoms with Crippen LogP contribution in [0, 0.1) is 0 Å². The van der Waals surface area contributed by atoms with Gasteiger partial charge >= 0.3 is 11.9 Å². The molecule has 0 aliphatic rings. The van der Waals surface area contributed by atoms with Gasteiger partial charge < -0.3 is 33.3 Å². The van der Waals surface area contributed by atoms with Gasteiger partial charge in [-0.05, 0) is 83.5 Å². The molecule has 0 aliphatic heterocycles. The van der Waals surface area contributed by atoms with Crippen LogP contribution in [0.3, 0.4) is 0 Å². The number of aliphatic carboxylic acids is 1. The summed E-state index contributed by atoms with van der Waals surface area (Å²) >= 11 is 0. The van der Waals surface area contributed by atoms with Crippen LogP contribution in [0.2, 0.25) is 0 Å². The van der Waals surface area contributed by atoms with Crippen LogP contribution in [0.4, 0.5) is 0 Å². The second kappa shape index (κ2) is 48.9. The van der Waals surface area contributed by atoms with Gasteiger partial charge in [-0.25, -0.2) is 0 Å². The lowest BCUT2D eigenvalue weighted by Gasteiger charge is -2.26. The van der Waals surface area contributed by atoms with Gasteiger partial charge in [-0.1, -0.05) is 195 Å². The Balaban J connectivity index is 4.20. The van der Waals surface area contributed by atoms with Gasteiger partial charge in [-0.2, -0.15) is 0 Å². The molecule has 2 atom stereocenters. The highest BCUT2D eigenvalue weighted by molar-refractivity contribution is 5.70. The number of unbranched alkanes of at least 4 members (excludes halogenated alkanes) is 19. The van der Waals surface area contributed by atoms with E-state index in [1.807, 2.05) is 21.1 Å². The highest BCUT2D eigenvalue weighted by Crippen LogP contribution is 2.15. The molecule has 2 unspecified atom stereocenters. The van der Waals surface area contributed by atoms with Gasteiger partial charge in [0.15, 0.2) is 12.4 Å². The van der Waals surface area contributed by atoms with E-state index in [1.54, 1.807) is 0 Å². The minimum atomic E-state index is -1.63. The molecule has 0 radical (unpaired) electrons. The Morgan fingerprint density at radius 3 is 1.21 bits per heavy atom. The summed E-state index contributed by atoms with van der Waals surface area (Å²) in [6, 6.07) is 0. The molecule has 0 aliphatic carbocycles. The standard InChI is InChI=1S/C58H99NO8/c1-6-8-10-12-14-16-18-20-21-22-23-24-25-26-27-28-29-30-31-32-33-34-35-37-39-41-43-45-47-49-56(61)67-54(53-66-58(57(62)63)64-51-50-59(3,4)5)52-65-55(60)48-46-44-42-40-38-36-19-17-15-13-11-9-7-2/h8-11,14-17,20-21,23-24,36,38,54,58H,6-7,12-13,18-19,22,25-35,37,39-53H2,1-5H3/b10-8-,11-9-,16-14-,17-15-,21-20-,24-23-,38-36-. The molecule has 0 heterocycles. The van der Waals surface area contributed by atoms with Crippen LogP contribution >= 0.6 is 0 Å². The van der Waals surface area contributed by atoms with Crippen molar-refractivity contribution in [2.75, 3.05) is 47.5 Å². The van der Waals surface area contributed by atoms with Gasteiger partial charge in [-0.15, -0.1) is 0 Å². The number of hydrogen-bond donors (Lipinski definition) is 0. The lowest BCUT2D eigenvalue weighted by Crippen LogP contribution is -2.44. The minimum absolute atomic E-state index is 0.140. The average Bonchev–Trinajstić information content (AvgIpc) is 3.29. The zero-order valence-electron chi connectivity index (χ0n) is 43.5. The van der Waals surface area contributed by atoms with Crippen LogP contribution in [-0.2, 0) is 33.3 Å². The predicted octanol–water partition coefficient (Wildman–Crippen LogP) is 13.9. The molecule has 67 heavy (non-hydrogen) atoms. The van der Waals surface area contributed by atoms with Gasteiger partial charge in [0.25, 0.3) is 0 Å². The summed E-state index contributed by atoms with van der Waals surface area (Å²) in [5.74, 6) is -2.33. The largest absolute Gasteiger partial charge is 0.545 e. The number of carboxylic acids is 1. The van der Waals surface area contributed by atoms with Crippen molar-refractivity contribution in [3.8, 4) is 0 Å².